The van der Waals surface area contributed by atoms with E-state index in [1.54, 1.807) is 11.1 Å². The van der Waals surface area contributed by atoms with E-state index in [0.717, 1.165) is 43.6 Å². The summed E-state index contributed by atoms with van der Waals surface area (Å²) in [5.41, 5.74) is 4.26. The summed E-state index contributed by atoms with van der Waals surface area (Å²) in [4.78, 5) is 25.9. The summed E-state index contributed by atoms with van der Waals surface area (Å²) in [5, 5.41) is 0. The van der Waals surface area contributed by atoms with Crippen LogP contribution in [-0.2, 0) is 17.8 Å². The second-order valence-corrected chi connectivity index (χ2v) is 8.37. The molecule has 1 aliphatic rings. The van der Waals surface area contributed by atoms with Gasteiger partial charge in [-0.2, -0.15) is 0 Å². The minimum absolute atomic E-state index is 0.209. The Morgan fingerprint density at radius 2 is 1.83 bits per heavy atom. The van der Waals surface area contributed by atoms with E-state index < -0.39 is 5.41 Å². The fraction of sp³-hybridized carbons (Fsp3) is 0.320. The van der Waals surface area contributed by atoms with Gasteiger partial charge in [-0.1, -0.05) is 30.3 Å². The molecule has 1 fully saturated rings. The van der Waals surface area contributed by atoms with Crippen LogP contribution in [0.3, 0.4) is 0 Å². The van der Waals surface area contributed by atoms with Crippen LogP contribution in [0.2, 0.25) is 0 Å². The number of amides is 1. The summed E-state index contributed by atoms with van der Waals surface area (Å²) >= 11 is 0. The first-order valence-corrected chi connectivity index (χ1v) is 10.4. The Kier molecular flexibility index (Phi) is 5.91. The summed E-state index contributed by atoms with van der Waals surface area (Å²) in [6.07, 6.45) is 8.92. The normalized spacial score (nSPS) is 19.0. The van der Waals surface area contributed by atoms with Crippen molar-refractivity contribution >= 4 is 5.91 Å². The molecule has 0 radical (unpaired) electrons. The molecule has 0 N–H and O–H groups in total. The molecule has 5 heteroatoms. The molecule has 0 spiro atoms. The standard InChI is InChI=1S/C25H28N4O/c1-28(2)24(30)25(11-15-29(19-25)18-20-9-13-26-14-10-20)16-21-6-3-4-8-23(21)22-7-5-12-27-17-22/h3-10,12-14,17H,11,15-16,18-19H2,1-2H3. The number of nitrogens with zero attached hydrogens (tertiary/aromatic N) is 4. The molecule has 2 aromatic heterocycles. The van der Waals surface area contributed by atoms with E-state index in [0.29, 0.717) is 0 Å². The average Bonchev–Trinajstić information content (AvgIpc) is 3.18. The molecule has 1 saturated heterocycles. The van der Waals surface area contributed by atoms with Crippen molar-refractivity contribution in [3.05, 3.63) is 84.4 Å². The highest BCUT2D eigenvalue weighted by molar-refractivity contribution is 5.84. The van der Waals surface area contributed by atoms with Crippen LogP contribution in [0.25, 0.3) is 11.1 Å². The van der Waals surface area contributed by atoms with E-state index >= 15 is 0 Å². The molecule has 30 heavy (non-hydrogen) atoms. The number of benzene rings is 1. The monoisotopic (exact) mass is 400 g/mol. The number of likely N-dealkylation sites (tertiary alicyclic amines) is 1. The highest BCUT2D eigenvalue weighted by Crippen LogP contribution is 2.39. The Labute approximate surface area is 178 Å². The van der Waals surface area contributed by atoms with Gasteiger partial charge >= 0.3 is 0 Å². The van der Waals surface area contributed by atoms with Crippen molar-refractivity contribution < 1.29 is 4.79 Å². The molecule has 1 aliphatic heterocycles. The minimum atomic E-state index is -0.422. The Hall–Kier alpha value is -3.05. The van der Waals surface area contributed by atoms with Crippen LogP contribution in [0.15, 0.2) is 73.3 Å². The first-order valence-electron chi connectivity index (χ1n) is 10.4. The number of hydrogen-bond acceptors (Lipinski definition) is 4. The molecule has 0 saturated carbocycles. The van der Waals surface area contributed by atoms with Crippen molar-refractivity contribution in [1.82, 2.24) is 19.8 Å². The molecule has 3 aromatic rings. The van der Waals surface area contributed by atoms with Crippen molar-refractivity contribution in [3.8, 4) is 11.1 Å². The van der Waals surface area contributed by atoms with Gasteiger partial charge in [0.05, 0.1) is 5.41 Å². The van der Waals surface area contributed by atoms with Crippen molar-refractivity contribution in [2.75, 3.05) is 27.2 Å². The molecule has 0 aliphatic carbocycles. The molecular formula is C25H28N4O. The minimum Gasteiger partial charge on any atom is -0.348 e. The fourth-order valence-corrected chi connectivity index (χ4v) is 4.55. The molecular weight excluding hydrogens is 372 g/mol. The number of rotatable bonds is 6. The zero-order chi connectivity index (χ0) is 21.0. The lowest BCUT2D eigenvalue weighted by molar-refractivity contribution is -0.138. The van der Waals surface area contributed by atoms with Gasteiger partial charge in [-0.3, -0.25) is 19.7 Å². The predicted molar refractivity (Wildman–Crippen MR) is 119 cm³/mol. The van der Waals surface area contributed by atoms with Gasteiger partial charge in [-0.15, -0.1) is 0 Å². The van der Waals surface area contributed by atoms with Crippen molar-refractivity contribution in [3.63, 3.8) is 0 Å². The third-order valence-corrected chi connectivity index (χ3v) is 5.97. The Bertz CT molecular complexity index is 990. The highest BCUT2D eigenvalue weighted by Gasteiger charge is 2.45. The Balaban J connectivity index is 1.63. The number of hydrogen-bond donors (Lipinski definition) is 0. The van der Waals surface area contributed by atoms with Crippen LogP contribution in [0, 0.1) is 5.41 Å². The smallest absolute Gasteiger partial charge is 0.229 e. The second kappa shape index (κ2) is 8.76. The number of pyridine rings is 2. The maximum atomic E-state index is 13.4. The lowest BCUT2D eigenvalue weighted by Gasteiger charge is -2.32. The summed E-state index contributed by atoms with van der Waals surface area (Å²) in [7, 11) is 3.73. The topological polar surface area (TPSA) is 49.3 Å². The maximum Gasteiger partial charge on any atom is 0.229 e. The third kappa shape index (κ3) is 4.26. The summed E-state index contributed by atoms with van der Waals surface area (Å²) < 4.78 is 0. The van der Waals surface area contributed by atoms with Gasteiger partial charge in [0.1, 0.15) is 0 Å². The molecule has 1 atom stereocenters. The average molecular weight is 401 g/mol. The second-order valence-electron chi connectivity index (χ2n) is 8.37. The molecule has 1 unspecified atom stereocenters. The molecule has 5 nitrogen and oxygen atoms in total. The molecule has 154 valence electrons. The molecule has 4 rings (SSSR count). The predicted octanol–water partition coefficient (Wildman–Crippen LogP) is 3.67. The molecule has 0 bridgehead atoms. The van der Waals surface area contributed by atoms with Crippen molar-refractivity contribution in [2.24, 2.45) is 5.41 Å². The van der Waals surface area contributed by atoms with E-state index in [1.807, 2.05) is 50.9 Å². The van der Waals surface area contributed by atoms with Crippen LogP contribution in [-0.4, -0.2) is 52.9 Å². The van der Waals surface area contributed by atoms with E-state index in [-0.39, 0.29) is 5.91 Å². The van der Waals surface area contributed by atoms with Gasteiger partial charge in [0.15, 0.2) is 0 Å². The molecule has 3 heterocycles. The van der Waals surface area contributed by atoms with Gasteiger partial charge in [0, 0.05) is 57.5 Å². The fourth-order valence-electron chi connectivity index (χ4n) is 4.55. The van der Waals surface area contributed by atoms with E-state index in [2.05, 4.69) is 45.2 Å². The number of carbonyl (C=O) groups is 1. The first kappa shape index (κ1) is 20.2. The van der Waals surface area contributed by atoms with Gasteiger partial charge in [-0.25, -0.2) is 0 Å². The molecule has 1 aromatic carbocycles. The van der Waals surface area contributed by atoms with Gasteiger partial charge in [0.25, 0.3) is 0 Å². The van der Waals surface area contributed by atoms with E-state index in [1.165, 1.54) is 11.1 Å². The SMILES string of the molecule is CN(C)C(=O)C1(Cc2ccccc2-c2cccnc2)CCN(Cc2ccncc2)C1. The summed E-state index contributed by atoms with van der Waals surface area (Å²) in [5.74, 6) is 0.209. The third-order valence-electron chi connectivity index (χ3n) is 5.97. The van der Waals surface area contributed by atoms with Crippen LogP contribution in [0.5, 0.6) is 0 Å². The van der Waals surface area contributed by atoms with Crippen LogP contribution in [0.1, 0.15) is 17.5 Å². The van der Waals surface area contributed by atoms with Crippen molar-refractivity contribution in [2.45, 2.75) is 19.4 Å². The number of carbonyl (C=O) groups excluding carboxylic acids is 1. The number of aromatic nitrogens is 2. The Morgan fingerprint density at radius 3 is 2.57 bits per heavy atom. The van der Waals surface area contributed by atoms with E-state index in [9.17, 15) is 4.79 Å². The Morgan fingerprint density at radius 1 is 1.03 bits per heavy atom. The van der Waals surface area contributed by atoms with Crippen LogP contribution in [0.4, 0.5) is 0 Å². The zero-order valence-corrected chi connectivity index (χ0v) is 17.7. The maximum absolute atomic E-state index is 13.4. The quantitative estimate of drug-likeness (QED) is 0.634. The van der Waals surface area contributed by atoms with Crippen molar-refractivity contribution in [1.29, 1.82) is 0 Å². The lowest BCUT2D eigenvalue weighted by atomic mass is 9.78. The lowest BCUT2D eigenvalue weighted by Crippen LogP contribution is -2.44. The van der Waals surface area contributed by atoms with Gasteiger partial charge in [-0.05, 0) is 54.3 Å². The van der Waals surface area contributed by atoms with Crippen LogP contribution < -0.4 is 0 Å². The van der Waals surface area contributed by atoms with E-state index in [4.69, 9.17) is 0 Å². The molecule has 1 amide bonds. The summed E-state index contributed by atoms with van der Waals surface area (Å²) in [6.45, 7) is 2.51. The zero-order valence-electron chi connectivity index (χ0n) is 17.7. The highest BCUT2D eigenvalue weighted by atomic mass is 16.2. The van der Waals surface area contributed by atoms with Crippen LogP contribution >= 0.6 is 0 Å². The largest absolute Gasteiger partial charge is 0.348 e. The summed E-state index contributed by atoms with van der Waals surface area (Å²) in [6, 6.07) is 16.5. The first-order chi connectivity index (χ1) is 14.6. The van der Waals surface area contributed by atoms with Gasteiger partial charge < -0.3 is 4.90 Å². The van der Waals surface area contributed by atoms with Gasteiger partial charge in [0.2, 0.25) is 5.91 Å².